The molecule has 0 atom stereocenters. The lowest BCUT2D eigenvalue weighted by Crippen LogP contribution is -2.13. The van der Waals surface area contributed by atoms with E-state index in [1.54, 1.807) is 7.11 Å². The van der Waals surface area contributed by atoms with Gasteiger partial charge >= 0.3 is 0 Å². The first-order valence-electron chi connectivity index (χ1n) is 5.96. The molecule has 0 spiro atoms. The summed E-state index contributed by atoms with van der Waals surface area (Å²) in [7, 11) is 1.64. The van der Waals surface area contributed by atoms with Crippen LogP contribution < -0.4 is 15.8 Å². The lowest BCUT2D eigenvalue weighted by Gasteiger charge is -2.11. The summed E-state index contributed by atoms with van der Waals surface area (Å²) in [5.74, 6) is 0.453. The van der Waals surface area contributed by atoms with Crippen molar-refractivity contribution in [3.63, 3.8) is 0 Å². The number of benzene rings is 2. The summed E-state index contributed by atoms with van der Waals surface area (Å²) in [4.78, 5) is 10.8. The zero-order valence-corrected chi connectivity index (χ0v) is 10.7. The standard InChI is InChI=1S/C15H16N2O2/c1-19-14-5-3-2-4-13(14)17-12-8-6-11(7-9-12)10-15(16)18/h2-9,17H,10H2,1H3,(H2,16,18). The van der Waals surface area contributed by atoms with E-state index >= 15 is 0 Å². The molecular formula is C15H16N2O2. The molecule has 0 bridgehead atoms. The highest BCUT2D eigenvalue weighted by Gasteiger charge is 2.02. The van der Waals surface area contributed by atoms with Crippen LogP contribution in [0.15, 0.2) is 48.5 Å². The zero-order chi connectivity index (χ0) is 13.7. The molecule has 4 heteroatoms. The highest BCUT2D eigenvalue weighted by molar-refractivity contribution is 5.77. The van der Waals surface area contributed by atoms with Crippen LogP contribution in [0.4, 0.5) is 11.4 Å². The normalized spacial score (nSPS) is 9.95. The number of methoxy groups -OCH3 is 1. The van der Waals surface area contributed by atoms with Crippen molar-refractivity contribution in [1.82, 2.24) is 0 Å². The van der Waals surface area contributed by atoms with Crippen LogP contribution >= 0.6 is 0 Å². The molecule has 1 amide bonds. The Kier molecular flexibility index (Phi) is 4.03. The van der Waals surface area contributed by atoms with E-state index in [9.17, 15) is 4.79 Å². The van der Waals surface area contributed by atoms with Gasteiger partial charge in [0.1, 0.15) is 5.75 Å². The fourth-order valence-electron chi connectivity index (χ4n) is 1.81. The van der Waals surface area contributed by atoms with Gasteiger partial charge in [0.25, 0.3) is 0 Å². The topological polar surface area (TPSA) is 64.3 Å². The Morgan fingerprint density at radius 3 is 2.47 bits per heavy atom. The van der Waals surface area contributed by atoms with Gasteiger partial charge < -0.3 is 15.8 Å². The first kappa shape index (κ1) is 13.0. The molecule has 19 heavy (non-hydrogen) atoms. The van der Waals surface area contributed by atoms with E-state index in [1.165, 1.54) is 0 Å². The molecule has 0 radical (unpaired) electrons. The number of anilines is 2. The number of hydrogen-bond acceptors (Lipinski definition) is 3. The molecule has 0 aliphatic rings. The molecule has 0 fully saturated rings. The van der Waals surface area contributed by atoms with Crippen molar-refractivity contribution >= 4 is 17.3 Å². The van der Waals surface area contributed by atoms with Crippen LogP contribution in [-0.2, 0) is 11.2 Å². The first-order valence-corrected chi connectivity index (χ1v) is 5.96. The first-order chi connectivity index (χ1) is 9.19. The predicted molar refractivity (Wildman–Crippen MR) is 75.6 cm³/mol. The summed E-state index contributed by atoms with van der Waals surface area (Å²) in [6.07, 6.45) is 0.259. The third-order valence-corrected chi connectivity index (χ3v) is 2.72. The number of primary amides is 1. The molecule has 0 unspecified atom stereocenters. The molecule has 0 saturated carbocycles. The predicted octanol–water partition coefficient (Wildman–Crippen LogP) is 2.47. The molecule has 3 N–H and O–H groups in total. The fourth-order valence-corrected chi connectivity index (χ4v) is 1.81. The molecule has 2 aromatic carbocycles. The molecule has 0 saturated heterocycles. The lowest BCUT2D eigenvalue weighted by atomic mass is 10.1. The Bertz CT molecular complexity index is 565. The van der Waals surface area contributed by atoms with Gasteiger partial charge in [0.2, 0.25) is 5.91 Å². The largest absolute Gasteiger partial charge is 0.495 e. The number of ether oxygens (including phenoxy) is 1. The zero-order valence-electron chi connectivity index (χ0n) is 10.7. The van der Waals surface area contributed by atoms with Crippen molar-refractivity contribution in [2.45, 2.75) is 6.42 Å². The quantitative estimate of drug-likeness (QED) is 0.863. The minimum atomic E-state index is -0.328. The molecule has 0 aromatic heterocycles. The van der Waals surface area contributed by atoms with E-state index in [4.69, 9.17) is 10.5 Å². The lowest BCUT2D eigenvalue weighted by molar-refractivity contribution is -0.117. The number of nitrogens with one attached hydrogen (secondary N) is 1. The third kappa shape index (κ3) is 3.48. The maximum atomic E-state index is 10.8. The smallest absolute Gasteiger partial charge is 0.221 e. The Morgan fingerprint density at radius 1 is 1.16 bits per heavy atom. The molecule has 2 aromatic rings. The molecule has 98 valence electrons. The maximum absolute atomic E-state index is 10.8. The number of para-hydroxylation sites is 2. The van der Waals surface area contributed by atoms with Crippen LogP contribution in [0.3, 0.4) is 0 Å². The second kappa shape index (κ2) is 5.91. The van der Waals surface area contributed by atoms with Crippen LogP contribution in [0.2, 0.25) is 0 Å². The van der Waals surface area contributed by atoms with Crippen molar-refractivity contribution in [3.8, 4) is 5.75 Å². The Balaban J connectivity index is 2.13. The van der Waals surface area contributed by atoms with Gasteiger partial charge in [-0.2, -0.15) is 0 Å². The van der Waals surface area contributed by atoms with Crippen molar-refractivity contribution < 1.29 is 9.53 Å². The van der Waals surface area contributed by atoms with E-state index in [2.05, 4.69) is 5.32 Å². The third-order valence-electron chi connectivity index (χ3n) is 2.72. The second-order valence-electron chi connectivity index (χ2n) is 4.17. The number of nitrogens with two attached hydrogens (primary N) is 1. The van der Waals surface area contributed by atoms with Crippen LogP contribution in [0.1, 0.15) is 5.56 Å². The minimum Gasteiger partial charge on any atom is -0.495 e. The van der Waals surface area contributed by atoms with Crippen molar-refractivity contribution in [2.24, 2.45) is 5.73 Å². The van der Waals surface area contributed by atoms with Crippen molar-refractivity contribution in [2.75, 3.05) is 12.4 Å². The Morgan fingerprint density at radius 2 is 1.84 bits per heavy atom. The van der Waals surface area contributed by atoms with E-state index in [0.717, 1.165) is 22.7 Å². The summed E-state index contributed by atoms with van der Waals surface area (Å²) >= 11 is 0. The maximum Gasteiger partial charge on any atom is 0.221 e. The van der Waals surface area contributed by atoms with Crippen molar-refractivity contribution in [1.29, 1.82) is 0 Å². The number of hydrogen-bond donors (Lipinski definition) is 2. The number of carbonyl (C=O) groups excluding carboxylic acids is 1. The summed E-state index contributed by atoms with van der Waals surface area (Å²) in [5.41, 5.74) is 7.88. The number of carbonyl (C=O) groups is 1. The minimum absolute atomic E-state index is 0.259. The van der Waals surface area contributed by atoms with Crippen LogP contribution in [0, 0.1) is 0 Å². The van der Waals surface area contributed by atoms with Crippen LogP contribution in [0.25, 0.3) is 0 Å². The Hall–Kier alpha value is -2.49. The number of rotatable bonds is 5. The summed E-state index contributed by atoms with van der Waals surface area (Å²) in [5, 5.41) is 3.26. The second-order valence-corrected chi connectivity index (χ2v) is 4.17. The highest BCUT2D eigenvalue weighted by atomic mass is 16.5. The summed E-state index contributed by atoms with van der Waals surface area (Å²) in [6, 6.07) is 15.3. The molecule has 0 aliphatic heterocycles. The highest BCUT2D eigenvalue weighted by Crippen LogP contribution is 2.26. The summed E-state index contributed by atoms with van der Waals surface area (Å²) < 4.78 is 5.27. The van der Waals surface area contributed by atoms with E-state index in [1.807, 2.05) is 48.5 Å². The van der Waals surface area contributed by atoms with Gasteiger partial charge in [-0.15, -0.1) is 0 Å². The van der Waals surface area contributed by atoms with E-state index in [-0.39, 0.29) is 12.3 Å². The molecule has 2 rings (SSSR count). The van der Waals surface area contributed by atoms with Crippen molar-refractivity contribution in [3.05, 3.63) is 54.1 Å². The monoisotopic (exact) mass is 256 g/mol. The van der Waals surface area contributed by atoms with Crippen LogP contribution in [-0.4, -0.2) is 13.0 Å². The van der Waals surface area contributed by atoms with Gasteiger partial charge in [-0.1, -0.05) is 24.3 Å². The average molecular weight is 256 g/mol. The molecule has 4 nitrogen and oxygen atoms in total. The van der Waals surface area contributed by atoms with Gasteiger partial charge in [0, 0.05) is 5.69 Å². The Labute approximate surface area is 112 Å². The molecular weight excluding hydrogens is 240 g/mol. The van der Waals surface area contributed by atoms with Gasteiger partial charge in [0.05, 0.1) is 19.2 Å². The SMILES string of the molecule is COc1ccccc1Nc1ccc(CC(N)=O)cc1. The summed E-state index contributed by atoms with van der Waals surface area (Å²) in [6.45, 7) is 0. The molecule has 0 heterocycles. The van der Waals surface area contributed by atoms with Gasteiger partial charge in [-0.05, 0) is 29.8 Å². The number of amides is 1. The fraction of sp³-hybridized carbons (Fsp3) is 0.133. The van der Waals surface area contributed by atoms with Crippen LogP contribution in [0.5, 0.6) is 5.75 Å². The van der Waals surface area contributed by atoms with E-state index < -0.39 is 0 Å². The van der Waals surface area contributed by atoms with Gasteiger partial charge in [-0.3, -0.25) is 4.79 Å². The average Bonchev–Trinajstić information content (AvgIpc) is 2.41. The van der Waals surface area contributed by atoms with Gasteiger partial charge in [0.15, 0.2) is 0 Å². The van der Waals surface area contributed by atoms with E-state index in [0.29, 0.717) is 0 Å². The molecule has 0 aliphatic carbocycles. The van der Waals surface area contributed by atoms with Gasteiger partial charge in [-0.25, -0.2) is 0 Å².